The Kier molecular flexibility index (Phi) is 4.65. The number of amides is 2. The van der Waals surface area contributed by atoms with Gasteiger partial charge in [0.1, 0.15) is 0 Å². The van der Waals surface area contributed by atoms with E-state index in [1.807, 2.05) is 30.3 Å². The topological polar surface area (TPSA) is 67.9 Å². The van der Waals surface area contributed by atoms with Gasteiger partial charge < -0.3 is 19.7 Å². The fourth-order valence-electron chi connectivity index (χ4n) is 2.48. The zero-order chi connectivity index (χ0) is 16.9. The van der Waals surface area contributed by atoms with Gasteiger partial charge in [-0.2, -0.15) is 0 Å². The minimum Gasteiger partial charge on any atom is -0.454 e. The Balaban J connectivity index is 1.64. The summed E-state index contributed by atoms with van der Waals surface area (Å²) in [5, 5.41) is 2.81. The van der Waals surface area contributed by atoms with Crippen molar-refractivity contribution in [2.45, 2.75) is 13.3 Å². The van der Waals surface area contributed by atoms with Gasteiger partial charge in [-0.15, -0.1) is 0 Å². The Morgan fingerprint density at radius 3 is 2.58 bits per heavy atom. The molecule has 0 atom stereocenters. The van der Waals surface area contributed by atoms with Gasteiger partial charge in [0.15, 0.2) is 11.5 Å². The molecule has 0 spiro atoms. The summed E-state index contributed by atoms with van der Waals surface area (Å²) in [5.74, 6) is 0.978. The first kappa shape index (κ1) is 15.9. The number of carbonyl (C=O) groups excluding carboxylic acids is 2. The summed E-state index contributed by atoms with van der Waals surface area (Å²) in [7, 11) is 0. The monoisotopic (exact) mass is 326 g/mol. The molecule has 1 heterocycles. The van der Waals surface area contributed by atoms with Gasteiger partial charge in [-0.05, 0) is 24.3 Å². The third kappa shape index (κ3) is 3.65. The summed E-state index contributed by atoms with van der Waals surface area (Å²) < 4.78 is 10.6. The van der Waals surface area contributed by atoms with Crippen LogP contribution in [0.25, 0.3) is 0 Å². The maximum absolute atomic E-state index is 12.1. The van der Waals surface area contributed by atoms with Crippen molar-refractivity contribution in [3.05, 3.63) is 48.5 Å². The van der Waals surface area contributed by atoms with Gasteiger partial charge in [0.05, 0.1) is 0 Å². The van der Waals surface area contributed by atoms with Gasteiger partial charge in [0.2, 0.25) is 18.6 Å². The van der Waals surface area contributed by atoms with Crippen LogP contribution in [0.5, 0.6) is 11.5 Å². The number of carbonyl (C=O) groups is 2. The molecule has 124 valence electrons. The molecule has 6 heteroatoms. The van der Waals surface area contributed by atoms with Crippen LogP contribution in [0, 0.1) is 0 Å². The Morgan fingerprint density at radius 2 is 1.83 bits per heavy atom. The van der Waals surface area contributed by atoms with Crippen LogP contribution in [0.15, 0.2) is 48.5 Å². The van der Waals surface area contributed by atoms with Crippen LogP contribution in [0.2, 0.25) is 0 Å². The molecule has 3 rings (SSSR count). The predicted molar refractivity (Wildman–Crippen MR) is 90.3 cm³/mol. The Labute approximate surface area is 140 Å². The number of hydrogen-bond donors (Lipinski definition) is 1. The number of anilines is 2. The van der Waals surface area contributed by atoms with E-state index in [-0.39, 0.29) is 31.6 Å². The van der Waals surface area contributed by atoms with Crippen LogP contribution in [0.1, 0.15) is 13.3 Å². The standard InChI is InChI=1S/C18H18N2O4/c1-13(21)20(15-7-8-16-17(11-15)24-12-23-16)10-9-18(22)19-14-5-3-2-4-6-14/h2-8,11H,9-10,12H2,1H3,(H,19,22). The molecule has 0 bridgehead atoms. The normalized spacial score (nSPS) is 11.9. The first-order valence-corrected chi connectivity index (χ1v) is 7.66. The third-order valence-electron chi connectivity index (χ3n) is 3.67. The number of rotatable bonds is 5. The molecule has 24 heavy (non-hydrogen) atoms. The first-order chi connectivity index (χ1) is 11.6. The van der Waals surface area contributed by atoms with E-state index in [1.165, 1.54) is 6.92 Å². The molecule has 0 saturated heterocycles. The lowest BCUT2D eigenvalue weighted by atomic mass is 10.2. The van der Waals surface area contributed by atoms with E-state index in [0.29, 0.717) is 17.2 Å². The first-order valence-electron chi connectivity index (χ1n) is 7.66. The summed E-state index contributed by atoms with van der Waals surface area (Å²) in [6.45, 7) is 1.94. The van der Waals surface area contributed by atoms with E-state index in [2.05, 4.69) is 5.32 Å². The largest absolute Gasteiger partial charge is 0.454 e. The molecule has 1 N–H and O–H groups in total. The lowest BCUT2D eigenvalue weighted by molar-refractivity contribution is -0.117. The quantitative estimate of drug-likeness (QED) is 0.917. The Morgan fingerprint density at radius 1 is 1.08 bits per heavy atom. The number of nitrogens with one attached hydrogen (secondary N) is 1. The Hall–Kier alpha value is -3.02. The zero-order valence-electron chi connectivity index (χ0n) is 13.3. The minimum atomic E-state index is -0.145. The van der Waals surface area contributed by atoms with Crippen molar-refractivity contribution in [1.82, 2.24) is 0 Å². The average molecular weight is 326 g/mol. The summed E-state index contributed by atoms with van der Waals surface area (Å²) in [6.07, 6.45) is 0.197. The van der Waals surface area contributed by atoms with Crippen LogP contribution < -0.4 is 19.7 Å². The molecule has 2 aromatic carbocycles. The highest BCUT2D eigenvalue weighted by atomic mass is 16.7. The van der Waals surface area contributed by atoms with Gasteiger partial charge in [0, 0.05) is 37.3 Å². The fourth-order valence-corrected chi connectivity index (χ4v) is 2.48. The summed E-state index contributed by atoms with van der Waals surface area (Å²) >= 11 is 0. The van der Waals surface area contributed by atoms with E-state index in [4.69, 9.17) is 9.47 Å². The number of benzene rings is 2. The van der Waals surface area contributed by atoms with E-state index in [9.17, 15) is 9.59 Å². The maximum atomic E-state index is 12.1. The van der Waals surface area contributed by atoms with Crippen molar-refractivity contribution in [3.8, 4) is 11.5 Å². The molecule has 2 amide bonds. The van der Waals surface area contributed by atoms with Gasteiger partial charge in [-0.1, -0.05) is 18.2 Å². The van der Waals surface area contributed by atoms with Crippen molar-refractivity contribution in [2.75, 3.05) is 23.6 Å². The van der Waals surface area contributed by atoms with Crippen LogP contribution in [-0.2, 0) is 9.59 Å². The second-order valence-electron chi connectivity index (χ2n) is 5.37. The van der Waals surface area contributed by atoms with Crippen molar-refractivity contribution in [1.29, 1.82) is 0 Å². The van der Waals surface area contributed by atoms with E-state index in [0.717, 1.165) is 5.69 Å². The van der Waals surface area contributed by atoms with Crippen LogP contribution >= 0.6 is 0 Å². The molecule has 0 unspecified atom stereocenters. The van der Waals surface area contributed by atoms with Gasteiger partial charge >= 0.3 is 0 Å². The molecule has 6 nitrogen and oxygen atoms in total. The zero-order valence-corrected chi connectivity index (χ0v) is 13.3. The van der Waals surface area contributed by atoms with Gasteiger partial charge in [-0.3, -0.25) is 9.59 Å². The molecule has 0 saturated carbocycles. The highest BCUT2D eigenvalue weighted by Gasteiger charge is 2.18. The Bertz CT molecular complexity index is 746. The molecule has 1 aliphatic rings. The number of hydrogen-bond acceptors (Lipinski definition) is 4. The lowest BCUT2D eigenvalue weighted by Crippen LogP contribution is -2.31. The molecule has 1 aliphatic heterocycles. The molecular weight excluding hydrogens is 308 g/mol. The molecule has 0 fully saturated rings. The van der Waals surface area contributed by atoms with Gasteiger partial charge in [0.25, 0.3) is 0 Å². The van der Waals surface area contributed by atoms with E-state index < -0.39 is 0 Å². The highest BCUT2D eigenvalue weighted by molar-refractivity contribution is 5.95. The molecule has 2 aromatic rings. The fraction of sp³-hybridized carbons (Fsp3) is 0.222. The average Bonchev–Trinajstić information content (AvgIpc) is 3.03. The van der Waals surface area contributed by atoms with Gasteiger partial charge in [-0.25, -0.2) is 0 Å². The summed E-state index contributed by atoms with van der Waals surface area (Å²) in [6, 6.07) is 14.5. The van der Waals surface area contributed by atoms with Crippen molar-refractivity contribution in [3.63, 3.8) is 0 Å². The van der Waals surface area contributed by atoms with Crippen molar-refractivity contribution in [2.24, 2.45) is 0 Å². The third-order valence-corrected chi connectivity index (χ3v) is 3.67. The second kappa shape index (κ2) is 7.04. The molecule has 0 aliphatic carbocycles. The van der Waals surface area contributed by atoms with Crippen LogP contribution in [-0.4, -0.2) is 25.2 Å². The molecular formula is C18H18N2O4. The second-order valence-corrected chi connectivity index (χ2v) is 5.37. The van der Waals surface area contributed by atoms with Crippen molar-refractivity contribution < 1.29 is 19.1 Å². The number of para-hydroxylation sites is 1. The number of ether oxygens (including phenoxy) is 2. The van der Waals surface area contributed by atoms with E-state index >= 15 is 0 Å². The summed E-state index contributed by atoms with van der Waals surface area (Å²) in [5.41, 5.74) is 1.42. The SMILES string of the molecule is CC(=O)N(CCC(=O)Nc1ccccc1)c1ccc2c(c1)OCO2. The smallest absolute Gasteiger partial charge is 0.231 e. The number of nitrogens with zero attached hydrogens (tertiary/aromatic N) is 1. The molecule has 0 radical (unpaired) electrons. The van der Waals surface area contributed by atoms with Crippen molar-refractivity contribution >= 4 is 23.2 Å². The maximum Gasteiger partial charge on any atom is 0.231 e. The van der Waals surface area contributed by atoms with E-state index in [1.54, 1.807) is 23.1 Å². The number of fused-ring (bicyclic) bond motifs is 1. The summed E-state index contributed by atoms with van der Waals surface area (Å²) in [4.78, 5) is 25.5. The van der Waals surface area contributed by atoms with Crippen LogP contribution in [0.3, 0.4) is 0 Å². The minimum absolute atomic E-state index is 0.138. The lowest BCUT2D eigenvalue weighted by Gasteiger charge is -2.21. The molecule has 0 aromatic heterocycles. The van der Waals surface area contributed by atoms with Crippen LogP contribution in [0.4, 0.5) is 11.4 Å². The highest BCUT2D eigenvalue weighted by Crippen LogP contribution is 2.35. The predicted octanol–water partition coefficient (Wildman–Crippen LogP) is 2.80.